The smallest absolute Gasteiger partial charge is 0.341 e. The zero-order valence-electron chi connectivity index (χ0n) is 14.6. The lowest BCUT2D eigenvalue weighted by Gasteiger charge is -2.15. The van der Waals surface area contributed by atoms with E-state index >= 15 is 0 Å². The van der Waals surface area contributed by atoms with Crippen molar-refractivity contribution in [2.45, 2.75) is 20.0 Å². The lowest BCUT2D eigenvalue weighted by atomic mass is 10.1. The Morgan fingerprint density at radius 2 is 1.81 bits per heavy atom. The predicted molar refractivity (Wildman–Crippen MR) is 97.3 cm³/mol. The van der Waals surface area contributed by atoms with Gasteiger partial charge < -0.3 is 15.4 Å². The molecule has 2 aromatic carbocycles. The summed E-state index contributed by atoms with van der Waals surface area (Å²) < 4.78 is 5.16. The molecule has 2 N–H and O–H groups in total. The Balaban J connectivity index is 2.10. The highest BCUT2D eigenvalue weighted by molar-refractivity contribution is 6.00. The summed E-state index contributed by atoms with van der Waals surface area (Å²) in [6.07, 6.45) is -1.08. The molecule has 0 saturated carbocycles. The number of carbonyl (C=O) groups is 2. The average Bonchev–Trinajstić information content (AvgIpc) is 2.62. The van der Waals surface area contributed by atoms with Gasteiger partial charge in [-0.1, -0.05) is 17.7 Å². The molecule has 1 atom stereocenters. The molecule has 2 aromatic rings. The molecule has 0 spiro atoms. The number of esters is 1. The third-order valence-corrected chi connectivity index (χ3v) is 3.68. The van der Waals surface area contributed by atoms with Crippen LogP contribution in [0, 0.1) is 17.0 Å². The number of nitrogens with zero attached hydrogens (tertiary/aromatic N) is 1. The van der Waals surface area contributed by atoms with Crippen LogP contribution in [-0.2, 0) is 9.53 Å². The van der Waals surface area contributed by atoms with Crippen molar-refractivity contribution in [2.24, 2.45) is 0 Å². The number of nitro benzene ring substituents is 1. The summed E-state index contributed by atoms with van der Waals surface area (Å²) in [4.78, 5) is 34.8. The first-order valence-electron chi connectivity index (χ1n) is 7.86. The van der Waals surface area contributed by atoms with Gasteiger partial charge >= 0.3 is 5.97 Å². The van der Waals surface area contributed by atoms with Crippen LogP contribution in [-0.4, -0.2) is 30.0 Å². The van der Waals surface area contributed by atoms with Gasteiger partial charge in [0, 0.05) is 30.6 Å². The highest BCUT2D eigenvalue weighted by Gasteiger charge is 2.23. The Kier molecular flexibility index (Phi) is 5.90. The van der Waals surface area contributed by atoms with Crippen LogP contribution in [0.4, 0.5) is 17.1 Å². The molecule has 0 aromatic heterocycles. The molecule has 0 bridgehead atoms. The van der Waals surface area contributed by atoms with Gasteiger partial charge in [0.25, 0.3) is 11.6 Å². The second kappa shape index (κ2) is 8.11. The van der Waals surface area contributed by atoms with Crippen LogP contribution in [0.15, 0.2) is 42.5 Å². The van der Waals surface area contributed by atoms with Crippen molar-refractivity contribution < 1.29 is 19.2 Å². The van der Waals surface area contributed by atoms with E-state index in [9.17, 15) is 19.7 Å². The van der Waals surface area contributed by atoms with E-state index in [0.717, 1.165) is 11.6 Å². The summed E-state index contributed by atoms with van der Waals surface area (Å²) in [6, 6.07) is 11.0. The van der Waals surface area contributed by atoms with Gasteiger partial charge in [-0.25, -0.2) is 4.79 Å². The van der Waals surface area contributed by atoms with Gasteiger partial charge in [0.05, 0.1) is 10.5 Å². The Bertz CT molecular complexity index is 833. The number of amides is 1. The lowest BCUT2D eigenvalue weighted by Crippen LogP contribution is -2.30. The maximum Gasteiger partial charge on any atom is 0.341 e. The minimum absolute atomic E-state index is 0.0170. The number of aryl methyl sites for hydroxylation is 1. The van der Waals surface area contributed by atoms with Crippen molar-refractivity contribution in [1.29, 1.82) is 0 Å². The number of carbonyl (C=O) groups excluding carboxylic acids is 2. The van der Waals surface area contributed by atoms with E-state index in [-0.39, 0.29) is 11.3 Å². The number of rotatable bonds is 6. The molecule has 8 heteroatoms. The van der Waals surface area contributed by atoms with Gasteiger partial charge in [0.15, 0.2) is 6.10 Å². The number of ether oxygens (including phenoxy) is 1. The van der Waals surface area contributed by atoms with Crippen LogP contribution >= 0.6 is 0 Å². The van der Waals surface area contributed by atoms with E-state index in [1.165, 1.54) is 19.1 Å². The number of non-ortho nitro benzene ring substituents is 1. The van der Waals surface area contributed by atoms with Crippen molar-refractivity contribution in [3.63, 3.8) is 0 Å². The summed E-state index contributed by atoms with van der Waals surface area (Å²) in [5.74, 6) is -1.33. The van der Waals surface area contributed by atoms with Crippen molar-refractivity contribution >= 4 is 28.9 Å². The maximum absolute atomic E-state index is 12.3. The molecule has 136 valence electrons. The maximum atomic E-state index is 12.3. The van der Waals surface area contributed by atoms with Crippen LogP contribution in [0.3, 0.4) is 0 Å². The summed E-state index contributed by atoms with van der Waals surface area (Å²) in [6.45, 7) is 3.35. The Hall–Kier alpha value is -3.42. The molecule has 8 nitrogen and oxygen atoms in total. The van der Waals surface area contributed by atoms with Crippen molar-refractivity contribution in [3.8, 4) is 0 Å². The highest BCUT2D eigenvalue weighted by atomic mass is 16.6. The molecule has 0 radical (unpaired) electrons. The number of anilines is 2. The normalized spacial score (nSPS) is 11.3. The SMILES string of the molecule is CNc1ccc([N+](=O)[O-])cc1C(=O)O[C@@H](C)C(=O)Nc1ccc(C)cc1. The van der Waals surface area contributed by atoms with Crippen LogP contribution in [0.5, 0.6) is 0 Å². The molecule has 0 fully saturated rings. The van der Waals surface area contributed by atoms with Crippen LogP contribution in [0.25, 0.3) is 0 Å². The fourth-order valence-corrected chi connectivity index (χ4v) is 2.19. The Morgan fingerprint density at radius 3 is 2.38 bits per heavy atom. The van der Waals surface area contributed by atoms with E-state index in [1.807, 2.05) is 19.1 Å². The third-order valence-electron chi connectivity index (χ3n) is 3.68. The second-order valence-electron chi connectivity index (χ2n) is 5.64. The average molecular weight is 357 g/mol. The largest absolute Gasteiger partial charge is 0.449 e. The number of nitro groups is 1. The lowest BCUT2D eigenvalue weighted by molar-refractivity contribution is -0.384. The summed E-state index contributed by atoms with van der Waals surface area (Å²) in [7, 11) is 1.57. The standard InChI is InChI=1S/C18H19N3O5/c1-11-4-6-13(7-5-11)20-17(22)12(2)26-18(23)15-10-14(21(24)25)8-9-16(15)19-3/h4-10,12,19H,1-3H3,(H,20,22)/t12-/m0/s1. The number of hydrogen-bond donors (Lipinski definition) is 2. The van der Waals surface area contributed by atoms with Crippen molar-refractivity contribution in [3.05, 3.63) is 63.7 Å². The zero-order chi connectivity index (χ0) is 19.3. The minimum atomic E-state index is -1.08. The van der Waals surface area contributed by atoms with Crippen LogP contribution in [0.2, 0.25) is 0 Å². The molecular formula is C18H19N3O5. The molecule has 0 saturated heterocycles. The Labute approximate surface area is 150 Å². The fraction of sp³-hybridized carbons (Fsp3) is 0.222. The van der Waals surface area contributed by atoms with Gasteiger partial charge in [-0.2, -0.15) is 0 Å². The summed E-state index contributed by atoms with van der Waals surface area (Å²) in [5, 5.41) is 16.3. The molecule has 1 amide bonds. The van der Waals surface area contributed by atoms with E-state index in [1.54, 1.807) is 19.2 Å². The van der Waals surface area contributed by atoms with E-state index in [2.05, 4.69) is 10.6 Å². The monoisotopic (exact) mass is 357 g/mol. The van der Waals surface area contributed by atoms with Gasteiger partial charge in [0.1, 0.15) is 0 Å². The first kappa shape index (κ1) is 18.9. The van der Waals surface area contributed by atoms with E-state index < -0.39 is 22.9 Å². The van der Waals surface area contributed by atoms with Gasteiger partial charge in [-0.3, -0.25) is 14.9 Å². The van der Waals surface area contributed by atoms with Gasteiger partial charge in [-0.15, -0.1) is 0 Å². The van der Waals surface area contributed by atoms with Gasteiger partial charge in [-0.05, 0) is 32.0 Å². The fourth-order valence-electron chi connectivity index (χ4n) is 2.19. The van der Waals surface area contributed by atoms with E-state index in [0.29, 0.717) is 11.4 Å². The number of benzene rings is 2. The molecule has 0 aliphatic carbocycles. The number of nitrogens with one attached hydrogen (secondary N) is 2. The highest BCUT2D eigenvalue weighted by Crippen LogP contribution is 2.23. The van der Waals surface area contributed by atoms with E-state index in [4.69, 9.17) is 4.74 Å². The molecule has 2 rings (SSSR count). The molecule has 26 heavy (non-hydrogen) atoms. The third kappa shape index (κ3) is 4.56. The van der Waals surface area contributed by atoms with Crippen molar-refractivity contribution in [2.75, 3.05) is 17.7 Å². The molecule has 0 heterocycles. The molecule has 0 aliphatic heterocycles. The van der Waals surface area contributed by atoms with Gasteiger partial charge in [0.2, 0.25) is 0 Å². The molecule has 0 unspecified atom stereocenters. The van der Waals surface area contributed by atoms with Crippen LogP contribution in [0.1, 0.15) is 22.8 Å². The second-order valence-corrected chi connectivity index (χ2v) is 5.64. The summed E-state index contributed by atoms with van der Waals surface area (Å²) in [5.41, 5.74) is 1.73. The minimum Gasteiger partial charge on any atom is -0.449 e. The molecular weight excluding hydrogens is 338 g/mol. The topological polar surface area (TPSA) is 111 Å². The quantitative estimate of drug-likeness (QED) is 0.467. The zero-order valence-corrected chi connectivity index (χ0v) is 14.6. The van der Waals surface area contributed by atoms with Crippen molar-refractivity contribution in [1.82, 2.24) is 0 Å². The van der Waals surface area contributed by atoms with Crippen LogP contribution < -0.4 is 10.6 Å². The first-order valence-corrected chi connectivity index (χ1v) is 7.86. The number of hydrogen-bond acceptors (Lipinski definition) is 6. The predicted octanol–water partition coefficient (Wildman–Crippen LogP) is 3.13. The first-order chi connectivity index (χ1) is 12.3. The summed E-state index contributed by atoms with van der Waals surface area (Å²) >= 11 is 0. The molecule has 0 aliphatic rings. The Morgan fingerprint density at radius 1 is 1.15 bits per heavy atom.